The van der Waals surface area contributed by atoms with Crippen molar-refractivity contribution in [2.75, 3.05) is 5.32 Å². The molecule has 2 rings (SSSR count). The third kappa shape index (κ3) is 3.80. The Bertz CT molecular complexity index is 580. The van der Waals surface area contributed by atoms with E-state index in [9.17, 15) is 4.79 Å². The van der Waals surface area contributed by atoms with Gasteiger partial charge in [-0.25, -0.2) is 4.98 Å². The number of nitrogens with two attached hydrogens (primary N) is 1. The van der Waals surface area contributed by atoms with Gasteiger partial charge < -0.3 is 15.5 Å². The summed E-state index contributed by atoms with van der Waals surface area (Å²) in [4.78, 5) is 16.2. The molecule has 5 nitrogen and oxygen atoms in total. The molecule has 0 saturated carbocycles. The summed E-state index contributed by atoms with van der Waals surface area (Å²) >= 11 is 2.21. The van der Waals surface area contributed by atoms with Crippen LogP contribution in [0, 0.1) is 3.57 Å². The van der Waals surface area contributed by atoms with Crippen LogP contribution in [0.5, 0.6) is 0 Å². The first kappa shape index (κ1) is 15.0. The van der Waals surface area contributed by atoms with Gasteiger partial charge in [-0.05, 0) is 53.3 Å². The van der Waals surface area contributed by atoms with E-state index >= 15 is 0 Å². The van der Waals surface area contributed by atoms with Gasteiger partial charge in [0.1, 0.15) is 6.26 Å². The number of rotatable bonds is 5. The molecule has 0 aliphatic rings. The second-order valence-corrected chi connectivity index (χ2v) is 5.67. The van der Waals surface area contributed by atoms with E-state index in [1.54, 1.807) is 0 Å². The summed E-state index contributed by atoms with van der Waals surface area (Å²) in [6.45, 7) is 2.03. The van der Waals surface area contributed by atoms with E-state index in [0.29, 0.717) is 5.89 Å². The Kier molecular flexibility index (Phi) is 5.13. The summed E-state index contributed by atoms with van der Waals surface area (Å²) in [5.74, 6) is 0.101. The lowest BCUT2D eigenvalue weighted by atomic mass is 10.2. The number of aromatic nitrogens is 1. The second kappa shape index (κ2) is 6.85. The monoisotopic (exact) mass is 385 g/mol. The molecule has 1 aromatic heterocycles. The minimum absolute atomic E-state index is 0.241. The van der Waals surface area contributed by atoms with Crippen LogP contribution >= 0.6 is 22.6 Å². The number of halogens is 1. The summed E-state index contributed by atoms with van der Waals surface area (Å²) in [7, 11) is 0. The number of nitrogens with one attached hydrogen (secondary N) is 1. The summed E-state index contributed by atoms with van der Waals surface area (Å²) in [5, 5.41) is 2.76. The maximum Gasteiger partial charge on any atom is 0.277 e. The molecule has 20 heavy (non-hydrogen) atoms. The zero-order chi connectivity index (χ0) is 14.5. The SMILES string of the molecule is CCCC(N)c1nc(C(=O)Nc2ccc(I)cc2)co1. The van der Waals surface area contributed by atoms with E-state index in [1.807, 2.05) is 31.2 Å². The number of hydrogen-bond acceptors (Lipinski definition) is 4. The molecule has 0 aliphatic carbocycles. The van der Waals surface area contributed by atoms with Crippen LogP contribution in [0.15, 0.2) is 34.9 Å². The molecule has 1 atom stereocenters. The van der Waals surface area contributed by atoms with Crippen LogP contribution in [0.4, 0.5) is 5.69 Å². The molecule has 6 heteroatoms. The Labute approximate surface area is 131 Å². The lowest BCUT2D eigenvalue weighted by molar-refractivity contribution is 0.102. The van der Waals surface area contributed by atoms with Crippen LogP contribution < -0.4 is 11.1 Å². The van der Waals surface area contributed by atoms with Gasteiger partial charge in [-0.2, -0.15) is 0 Å². The first-order chi connectivity index (χ1) is 9.60. The molecule has 0 radical (unpaired) electrons. The molecule has 1 unspecified atom stereocenters. The quantitative estimate of drug-likeness (QED) is 0.774. The molecular weight excluding hydrogens is 369 g/mol. The molecule has 0 fully saturated rings. The van der Waals surface area contributed by atoms with Gasteiger partial charge in [0.25, 0.3) is 5.91 Å². The first-order valence-electron chi connectivity index (χ1n) is 6.38. The van der Waals surface area contributed by atoms with Gasteiger partial charge >= 0.3 is 0 Å². The predicted molar refractivity (Wildman–Crippen MR) is 85.5 cm³/mol. The molecule has 1 heterocycles. The lowest BCUT2D eigenvalue weighted by Gasteiger charge is -2.04. The lowest BCUT2D eigenvalue weighted by Crippen LogP contribution is -2.14. The Morgan fingerprint density at radius 3 is 2.80 bits per heavy atom. The van der Waals surface area contributed by atoms with Gasteiger partial charge in [-0.15, -0.1) is 0 Å². The van der Waals surface area contributed by atoms with E-state index in [4.69, 9.17) is 10.2 Å². The fourth-order valence-corrected chi connectivity index (χ4v) is 2.08. The van der Waals surface area contributed by atoms with Crippen LogP contribution in [0.2, 0.25) is 0 Å². The standard InChI is InChI=1S/C14H16IN3O2/c1-2-3-11(16)14-18-12(8-20-14)13(19)17-10-6-4-9(15)5-7-10/h4-8,11H,2-3,16H2,1H3,(H,17,19). The molecule has 0 aliphatic heterocycles. The molecule has 106 valence electrons. The number of carbonyl (C=O) groups excluding carboxylic acids is 1. The molecule has 0 bridgehead atoms. The minimum Gasteiger partial charge on any atom is -0.446 e. The van der Waals surface area contributed by atoms with E-state index < -0.39 is 0 Å². The maximum absolute atomic E-state index is 12.0. The number of carbonyl (C=O) groups is 1. The van der Waals surface area contributed by atoms with Crippen molar-refractivity contribution in [2.24, 2.45) is 5.73 Å². The number of nitrogens with zero attached hydrogens (tertiary/aromatic N) is 1. The van der Waals surface area contributed by atoms with Crippen molar-refractivity contribution in [1.82, 2.24) is 4.98 Å². The van der Waals surface area contributed by atoms with Crippen molar-refractivity contribution in [3.63, 3.8) is 0 Å². The smallest absolute Gasteiger partial charge is 0.277 e. The summed E-state index contributed by atoms with van der Waals surface area (Å²) in [5.41, 5.74) is 6.86. The fourth-order valence-electron chi connectivity index (χ4n) is 1.73. The Morgan fingerprint density at radius 2 is 2.15 bits per heavy atom. The van der Waals surface area contributed by atoms with Crippen molar-refractivity contribution in [2.45, 2.75) is 25.8 Å². The summed E-state index contributed by atoms with van der Waals surface area (Å²) in [6, 6.07) is 7.25. The number of amides is 1. The Balaban J connectivity index is 2.04. The average molecular weight is 385 g/mol. The van der Waals surface area contributed by atoms with Crippen LogP contribution in [-0.2, 0) is 0 Å². The second-order valence-electron chi connectivity index (χ2n) is 4.43. The highest BCUT2D eigenvalue weighted by Gasteiger charge is 2.16. The number of hydrogen-bond donors (Lipinski definition) is 2. The maximum atomic E-state index is 12.0. The highest BCUT2D eigenvalue weighted by molar-refractivity contribution is 14.1. The van der Waals surface area contributed by atoms with Crippen molar-refractivity contribution in [1.29, 1.82) is 0 Å². The molecular formula is C14H16IN3O2. The third-order valence-corrected chi connectivity index (χ3v) is 3.49. The van der Waals surface area contributed by atoms with Gasteiger partial charge in [0.15, 0.2) is 5.69 Å². The van der Waals surface area contributed by atoms with E-state index in [2.05, 4.69) is 32.9 Å². The van der Waals surface area contributed by atoms with Crippen molar-refractivity contribution >= 4 is 34.2 Å². The zero-order valence-corrected chi connectivity index (χ0v) is 13.3. The van der Waals surface area contributed by atoms with Crippen molar-refractivity contribution < 1.29 is 9.21 Å². The summed E-state index contributed by atoms with van der Waals surface area (Å²) in [6.07, 6.45) is 3.05. The van der Waals surface area contributed by atoms with Crippen molar-refractivity contribution in [3.8, 4) is 0 Å². The number of anilines is 1. The van der Waals surface area contributed by atoms with Crippen LogP contribution in [0.1, 0.15) is 42.2 Å². The predicted octanol–water partition coefficient (Wildman–Crippen LogP) is 3.33. The Hall–Kier alpha value is -1.41. The topological polar surface area (TPSA) is 81.1 Å². The van der Waals surface area contributed by atoms with E-state index in [1.165, 1.54) is 6.26 Å². The largest absolute Gasteiger partial charge is 0.446 e. The molecule has 2 aromatic rings. The number of oxazole rings is 1. The van der Waals surface area contributed by atoms with Gasteiger partial charge in [-0.3, -0.25) is 4.79 Å². The highest BCUT2D eigenvalue weighted by Crippen LogP contribution is 2.16. The van der Waals surface area contributed by atoms with Gasteiger partial charge in [0.2, 0.25) is 5.89 Å². The zero-order valence-electron chi connectivity index (χ0n) is 11.1. The van der Waals surface area contributed by atoms with Gasteiger partial charge in [0.05, 0.1) is 6.04 Å². The number of benzene rings is 1. The van der Waals surface area contributed by atoms with Crippen molar-refractivity contribution in [3.05, 3.63) is 45.7 Å². The highest BCUT2D eigenvalue weighted by atomic mass is 127. The van der Waals surface area contributed by atoms with Crippen LogP contribution in [0.25, 0.3) is 0 Å². The fraction of sp³-hybridized carbons (Fsp3) is 0.286. The van der Waals surface area contributed by atoms with E-state index in [-0.39, 0.29) is 17.6 Å². The molecule has 1 amide bonds. The minimum atomic E-state index is -0.301. The molecule has 0 spiro atoms. The van der Waals surface area contributed by atoms with E-state index in [0.717, 1.165) is 22.1 Å². The van der Waals surface area contributed by atoms with Crippen LogP contribution in [0.3, 0.4) is 0 Å². The van der Waals surface area contributed by atoms with Crippen LogP contribution in [-0.4, -0.2) is 10.9 Å². The summed E-state index contributed by atoms with van der Waals surface area (Å²) < 4.78 is 6.37. The normalized spacial score (nSPS) is 12.2. The van der Waals surface area contributed by atoms with Gasteiger partial charge in [0, 0.05) is 9.26 Å². The van der Waals surface area contributed by atoms with Gasteiger partial charge in [-0.1, -0.05) is 13.3 Å². The first-order valence-corrected chi connectivity index (χ1v) is 7.46. The molecule has 3 N–H and O–H groups in total. The Morgan fingerprint density at radius 1 is 1.45 bits per heavy atom. The molecule has 1 aromatic carbocycles. The third-order valence-electron chi connectivity index (χ3n) is 2.77. The average Bonchev–Trinajstić information content (AvgIpc) is 2.91. The molecule has 0 saturated heterocycles.